The Kier molecular flexibility index (Phi) is 6.76. The Morgan fingerprint density at radius 1 is 0.886 bits per heavy atom. The number of carbonyl (C=O) groups is 3. The number of carboxylic acid groups (broad SMARTS) is 1. The molecule has 0 aromatic carbocycles. The van der Waals surface area contributed by atoms with Gasteiger partial charge in [-0.15, -0.1) is 0 Å². The van der Waals surface area contributed by atoms with Crippen molar-refractivity contribution in [2.45, 2.75) is 26.4 Å². The molecule has 0 bridgehead atoms. The van der Waals surface area contributed by atoms with Crippen LogP contribution in [0.2, 0.25) is 0 Å². The summed E-state index contributed by atoms with van der Waals surface area (Å²) in [5.74, 6) is -1.53. The first-order chi connectivity index (χ1) is 16.2. The Morgan fingerprint density at radius 3 is 2.03 bits per heavy atom. The molecule has 0 saturated carbocycles. The minimum absolute atomic E-state index is 0.0260. The largest absolute Gasteiger partial charge is 0.477 e. The Labute approximate surface area is 202 Å². The fourth-order valence-corrected chi connectivity index (χ4v) is 3.37. The van der Waals surface area contributed by atoms with Gasteiger partial charge in [-0.3, -0.25) is 9.59 Å². The van der Waals surface area contributed by atoms with E-state index in [1.807, 2.05) is 20.8 Å². The van der Waals surface area contributed by atoms with E-state index in [-0.39, 0.29) is 17.3 Å². The molecule has 0 spiro atoms. The van der Waals surface area contributed by atoms with Crippen molar-refractivity contribution in [2.24, 2.45) is 21.1 Å². The Morgan fingerprint density at radius 2 is 1.46 bits per heavy atom. The van der Waals surface area contributed by atoms with Gasteiger partial charge in [0.15, 0.2) is 11.7 Å². The van der Waals surface area contributed by atoms with Crippen molar-refractivity contribution < 1.29 is 24.2 Å². The molecule has 186 valence electrons. The molecule has 2 amide bonds. The molecule has 3 heterocycles. The van der Waals surface area contributed by atoms with Gasteiger partial charge < -0.3 is 39.5 Å². The van der Waals surface area contributed by atoms with Gasteiger partial charge >= 0.3 is 5.97 Å². The third-order valence-electron chi connectivity index (χ3n) is 4.75. The number of carboxylic acids is 1. The van der Waals surface area contributed by atoms with Crippen LogP contribution < -0.4 is 16.0 Å². The topological polar surface area (TPSA) is 144 Å². The summed E-state index contributed by atoms with van der Waals surface area (Å²) in [7, 11) is 4.89. The molecule has 0 radical (unpaired) electrons. The number of nitrogens with zero attached hydrogens (tertiary/aromatic N) is 4. The van der Waals surface area contributed by atoms with Gasteiger partial charge in [0.2, 0.25) is 5.82 Å². The molecule has 3 aromatic rings. The van der Waals surface area contributed by atoms with Gasteiger partial charge in [0.25, 0.3) is 11.8 Å². The van der Waals surface area contributed by atoms with Gasteiger partial charge in [-0.25, -0.2) is 9.78 Å². The zero-order valence-corrected chi connectivity index (χ0v) is 20.5. The molecule has 0 unspecified atom stereocenters. The third-order valence-corrected chi connectivity index (χ3v) is 4.75. The fraction of sp³-hybridized carbons (Fsp3) is 0.304. The van der Waals surface area contributed by atoms with Gasteiger partial charge in [0.1, 0.15) is 17.0 Å². The van der Waals surface area contributed by atoms with E-state index in [1.54, 1.807) is 38.0 Å². The van der Waals surface area contributed by atoms with E-state index in [0.717, 1.165) is 0 Å². The quantitative estimate of drug-likeness (QED) is 0.361. The lowest BCUT2D eigenvalue weighted by Gasteiger charge is -2.22. The number of hydrogen-bond donors (Lipinski definition) is 4. The predicted octanol–water partition coefficient (Wildman–Crippen LogP) is 3.00. The molecule has 3 rings (SSSR count). The van der Waals surface area contributed by atoms with Crippen LogP contribution in [0.3, 0.4) is 0 Å². The van der Waals surface area contributed by atoms with Crippen LogP contribution in [0.4, 0.5) is 17.2 Å². The summed E-state index contributed by atoms with van der Waals surface area (Å²) in [6.07, 6.45) is 4.70. The number of rotatable bonds is 8. The smallest absolute Gasteiger partial charge is 0.352 e. The highest BCUT2D eigenvalue weighted by Crippen LogP contribution is 2.20. The molecule has 12 nitrogen and oxygen atoms in total. The van der Waals surface area contributed by atoms with Crippen molar-refractivity contribution in [3.63, 3.8) is 0 Å². The van der Waals surface area contributed by atoms with E-state index >= 15 is 0 Å². The summed E-state index contributed by atoms with van der Waals surface area (Å²) in [6, 6.07) is 2.98. The summed E-state index contributed by atoms with van der Waals surface area (Å²) >= 11 is 0. The van der Waals surface area contributed by atoms with Gasteiger partial charge in [-0.05, 0) is 39.5 Å². The molecule has 0 fully saturated rings. The average Bonchev–Trinajstić information content (AvgIpc) is 3.36. The summed E-state index contributed by atoms with van der Waals surface area (Å²) in [5, 5.41) is 17.5. The molecule has 0 aliphatic heterocycles. The molecule has 3 aromatic heterocycles. The summed E-state index contributed by atoms with van der Waals surface area (Å²) in [6.45, 7) is 9.54. The van der Waals surface area contributed by atoms with Crippen LogP contribution in [0.5, 0.6) is 0 Å². The standard InChI is InChI=1S/C23H29N7O5/c1-13(35-23(2,3)4)24-14-8-16(28(5)10-14)20(31)27-18-12-30(7)19(26-18)21(32)25-15-9-17(22(33)34)29(6)11-15/h8-12,24H,1H2,2-7H3,(H,25,32)(H,27,31)(H,33,34). The molecule has 12 heteroatoms. The lowest BCUT2D eigenvalue weighted by atomic mass is 10.2. The van der Waals surface area contributed by atoms with Crippen molar-refractivity contribution in [3.05, 3.63) is 60.4 Å². The maximum absolute atomic E-state index is 12.8. The highest BCUT2D eigenvalue weighted by molar-refractivity contribution is 6.05. The highest BCUT2D eigenvalue weighted by atomic mass is 16.5. The molecular formula is C23H29N7O5. The van der Waals surface area contributed by atoms with Gasteiger partial charge in [0.05, 0.1) is 11.4 Å². The monoisotopic (exact) mass is 483 g/mol. The highest BCUT2D eigenvalue weighted by Gasteiger charge is 2.20. The van der Waals surface area contributed by atoms with Crippen LogP contribution in [-0.2, 0) is 25.9 Å². The molecule has 35 heavy (non-hydrogen) atoms. The Balaban J connectivity index is 1.69. The minimum atomic E-state index is -1.11. The molecule has 0 aliphatic rings. The zero-order valence-electron chi connectivity index (χ0n) is 20.5. The molecule has 0 atom stereocenters. The predicted molar refractivity (Wildman–Crippen MR) is 131 cm³/mol. The number of aryl methyl sites for hydroxylation is 3. The number of hydrogen-bond acceptors (Lipinski definition) is 6. The number of amides is 2. The third kappa shape index (κ3) is 6.10. The van der Waals surface area contributed by atoms with Crippen molar-refractivity contribution >= 4 is 35.0 Å². The number of anilines is 3. The second-order valence-electron chi connectivity index (χ2n) is 8.99. The Hall–Kier alpha value is -4.48. The van der Waals surface area contributed by atoms with Gasteiger partial charge in [-0.2, -0.15) is 0 Å². The second kappa shape index (κ2) is 9.41. The minimum Gasteiger partial charge on any atom is -0.477 e. The number of aromatic carboxylic acids is 1. The fourth-order valence-electron chi connectivity index (χ4n) is 3.37. The Bertz CT molecular complexity index is 1310. The van der Waals surface area contributed by atoms with Crippen molar-refractivity contribution in [1.29, 1.82) is 0 Å². The van der Waals surface area contributed by atoms with Crippen LogP contribution in [-0.4, -0.2) is 47.2 Å². The normalized spacial score (nSPS) is 11.1. The average molecular weight is 484 g/mol. The first-order valence-electron chi connectivity index (χ1n) is 10.6. The van der Waals surface area contributed by atoms with E-state index < -0.39 is 23.4 Å². The lowest BCUT2D eigenvalue weighted by molar-refractivity contribution is 0.0564. The van der Waals surface area contributed by atoms with Gasteiger partial charge in [-0.1, -0.05) is 0 Å². The summed E-state index contributed by atoms with van der Waals surface area (Å²) in [5.41, 5.74) is 0.887. The van der Waals surface area contributed by atoms with Crippen LogP contribution in [0, 0.1) is 0 Å². The number of aromatic nitrogens is 4. The SMILES string of the molecule is C=C(Nc1cc(C(=O)Nc2cn(C)c(C(=O)Nc3cc(C(=O)O)n(C)c3)n2)n(C)c1)OC(C)(C)C. The van der Waals surface area contributed by atoms with E-state index in [9.17, 15) is 14.4 Å². The van der Waals surface area contributed by atoms with Crippen molar-refractivity contribution in [3.8, 4) is 0 Å². The molecule has 0 aliphatic carbocycles. The van der Waals surface area contributed by atoms with Crippen LogP contribution >= 0.6 is 0 Å². The van der Waals surface area contributed by atoms with Crippen LogP contribution in [0.1, 0.15) is 52.4 Å². The molecule has 0 saturated heterocycles. The first-order valence-corrected chi connectivity index (χ1v) is 10.6. The molecule has 4 N–H and O–H groups in total. The van der Waals surface area contributed by atoms with E-state index in [2.05, 4.69) is 27.5 Å². The van der Waals surface area contributed by atoms with Gasteiger partial charge in [0, 0.05) is 39.7 Å². The van der Waals surface area contributed by atoms with E-state index in [1.165, 1.54) is 27.6 Å². The number of ether oxygens (including phenoxy) is 1. The summed E-state index contributed by atoms with van der Waals surface area (Å²) in [4.78, 5) is 40.9. The number of carbonyl (C=O) groups excluding carboxylic acids is 2. The first kappa shape index (κ1) is 25.1. The zero-order chi connectivity index (χ0) is 26.1. The lowest BCUT2D eigenvalue weighted by Crippen LogP contribution is -2.21. The maximum atomic E-state index is 12.8. The number of imidazole rings is 1. The second-order valence-corrected chi connectivity index (χ2v) is 8.99. The number of nitrogens with one attached hydrogen (secondary N) is 3. The maximum Gasteiger partial charge on any atom is 0.352 e. The van der Waals surface area contributed by atoms with E-state index in [4.69, 9.17) is 9.84 Å². The van der Waals surface area contributed by atoms with Crippen molar-refractivity contribution in [1.82, 2.24) is 18.7 Å². The molecular weight excluding hydrogens is 454 g/mol. The van der Waals surface area contributed by atoms with Crippen LogP contribution in [0.25, 0.3) is 0 Å². The van der Waals surface area contributed by atoms with Crippen LogP contribution in [0.15, 0.2) is 43.2 Å². The van der Waals surface area contributed by atoms with Crippen molar-refractivity contribution in [2.75, 3.05) is 16.0 Å². The van der Waals surface area contributed by atoms with E-state index in [0.29, 0.717) is 23.0 Å². The summed E-state index contributed by atoms with van der Waals surface area (Å²) < 4.78 is 10.1.